The second kappa shape index (κ2) is 5.03. The van der Waals surface area contributed by atoms with Crippen LogP contribution in [0, 0.1) is 0 Å². The third-order valence-corrected chi connectivity index (χ3v) is 2.37. The lowest BCUT2D eigenvalue weighted by Gasteiger charge is -2.08. The van der Waals surface area contributed by atoms with Crippen molar-refractivity contribution in [1.29, 1.82) is 0 Å². The van der Waals surface area contributed by atoms with Gasteiger partial charge in [0.05, 0.1) is 6.10 Å². The van der Waals surface area contributed by atoms with Crippen molar-refractivity contribution in [2.75, 3.05) is 0 Å². The van der Waals surface area contributed by atoms with Crippen molar-refractivity contribution < 1.29 is 9.63 Å². The molecule has 2 aromatic heterocycles. The maximum absolute atomic E-state index is 9.31. The van der Waals surface area contributed by atoms with E-state index in [2.05, 4.69) is 15.1 Å². The van der Waals surface area contributed by atoms with E-state index in [1.165, 1.54) is 0 Å². The van der Waals surface area contributed by atoms with Gasteiger partial charge in [0.25, 0.3) is 0 Å². The highest BCUT2D eigenvalue weighted by molar-refractivity contribution is 5.13. The molecule has 6 heteroatoms. The van der Waals surface area contributed by atoms with Gasteiger partial charge in [0, 0.05) is 18.8 Å². The third kappa shape index (κ3) is 2.86. The van der Waals surface area contributed by atoms with E-state index in [1.807, 2.05) is 12.1 Å². The summed E-state index contributed by atoms with van der Waals surface area (Å²) in [6, 6.07) is 3.13. The Hall–Kier alpha value is -1.79. The van der Waals surface area contributed by atoms with Gasteiger partial charge in [-0.3, -0.25) is 4.98 Å². The van der Waals surface area contributed by atoms with Crippen LogP contribution in [0.2, 0.25) is 0 Å². The van der Waals surface area contributed by atoms with E-state index >= 15 is 0 Å². The predicted molar refractivity (Wildman–Crippen MR) is 60.0 cm³/mol. The van der Waals surface area contributed by atoms with Gasteiger partial charge in [0.1, 0.15) is 6.04 Å². The molecule has 3 N–H and O–H groups in total. The predicted octanol–water partition coefficient (Wildman–Crippen LogP) is 0.436. The first-order chi connectivity index (χ1) is 8.16. The van der Waals surface area contributed by atoms with Gasteiger partial charge < -0.3 is 15.4 Å². The van der Waals surface area contributed by atoms with Gasteiger partial charge in [-0.25, -0.2) is 0 Å². The molecule has 17 heavy (non-hydrogen) atoms. The summed E-state index contributed by atoms with van der Waals surface area (Å²) in [7, 11) is 0. The van der Waals surface area contributed by atoms with Crippen LogP contribution in [0.5, 0.6) is 0 Å². The van der Waals surface area contributed by atoms with E-state index in [0.717, 1.165) is 5.56 Å². The zero-order valence-corrected chi connectivity index (χ0v) is 9.45. The highest BCUT2D eigenvalue weighted by Gasteiger charge is 2.19. The summed E-state index contributed by atoms with van der Waals surface area (Å²) in [4.78, 5) is 8.14. The Kier molecular flexibility index (Phi) is 3.46. The molecule has 0 spiro atoms. The molecule has 2 atom stereocenters. The van der Waals surface area contributed by atoms with Crippen molar-refractivity contribution in [1.82, 2.24) is 15.1 Å². The fraction of sp³-hybridized carbons (Fsp3) is 0.364. The summed E-state index contributed by atoms with van der Waals surface area (Å²) >= 11 is 0. The molecule has 0 aromatic carbocycles. The fourth-order valence-electron chi connectivity index (χ4n) is 1.37. The quantitative estimate of drug-likeness (QED) is 0.796. The van der Waals surface area contributed by atoms with Crippen molar-refractivity contribution in [2.24, 2.45) is 5.73 Å². The van der Waals surface area contributed by atoms with Gasteiger partial charge in [-0.05, 0) is 18.6 Å². The van der Waals surface area contributed by atoms with Gasteiger partial charge >= 0.3 is 0 Å². The van der Waals surface area contributed by atoms with Gasteiger partial charge in [-0.1, -0.05) is 11.2 Å². The van der Waals surface area contributed by atoms with Crippen LogP contribution in [-0.2, 0) is 6.42 Å². The van der Waals surface area contributed by atoms with E-state index in [9.17, 15) is 5.11 Å². The van der Waals surface area contributed by atoms with Gasteiger partial charge in [-0.2, -0.15) is 4.98 Å². The highest BCUT2D eigenvalue weighted by atomic mass is 16.5. The van der Waals surface area contributed by atoms with E-state index < -0.39 is 12.1 Å². The zero-order valence-electron chi connectivity index (χ0n) is 9.45. The lowest BCUT2D eigenvalue weighted by atomic mass is 10.2. The molecule has 2 heterocycles. The Morgan fingerprint density at radius 1 is 1.53 bits per heavy atom. The molecule has 0 unspecified atom stereocenters. The summed E-state index contributed by atoms with van der Waals surface area (Å²) in [6.07, 6.45) is 3.25. The fourth-order valence-corrected chi connectivity index (χ4v) is 1.37. The Balaban J connectivity index is 2.09. The van der Waals surface area contributed by atoms with Gasteiger partial charge in [0.2, 0.25) is 5.89 Å². The summed E-state index contributed by atoms with van der Waals surface area (Å²) in [5.74, 6) is 0.781. The van der Waals surface area contributed by atoms with Crippen LogP contribution in [0.25, 0.3) is 0 Å². The lowest BCUT2D eigenvalue weighted by molar-refractivity contribution is 0.146. The maximum atomic E-state index is 9.31. The Labute approximate surface area is 98.5 Å². The molecule has 0 saturated heterocycles. The molecule has 0 bridgehead atoms. The molecular formula is C11H14N4O2. The molecule has 0 aliphatic carbocycles. The minimum absolute atomic E-state index is 0.249. The normalized spacial score (nSPS) is 14.5. The standard InChI is InChI=1S/C11H14N4O2/c1-7(16)10(12)11-14-9(15-17-11)5-8-3-2-4-13-6-8/h2-4,6-7,10,16H,5,12H2,1H3/t7-,10+/m1/s1. The van der Waals surface area contributed by atoms with Gasteiger partial charge in [0.15, 0.2) is 5.82 Å². The van der Waals surface area contributed by atoms with Crippen LogP contribution in [-0.4, -0.2) is 26.3 Å². The number of aliphatic hydroxyl groups is 1. The Bertz CT molecular complexity index is 469. The van der Waals surface area contributed by atoms with E-state index in [0.29, 0.717) is 12.2 Å². The van der Waals surface area contributed by atoms with Crippen molar-refractivity contribution in [3.63, 3.8) is 0 Å². The molecule has 0 fully saturated rings. The SMILES string of the molecule is C[C@@H](O)[C@H](N)c1nc(Cc2cccnc2)no1. The molecule has 0 saturated carbocycles. The van der Waals surface area contributed by atoms with E-state index in [-0.39, 0.29) is 5.89 Å². The lowest BCUT2D eigenvalue weighted by Crippen LogP contribution is -2.23. The molecule has 2 aromatic rings. The van der Waals surface area contributed by atoms with Crippen LogP contribution < -0.4 is 5.73 Å². The number of rotatable bonds is 4. The second-order valence-corrected chi connectivity index (χ2v) is 3.85. The molecular weight excluding hydrogens is 220 g/mol. The van der Waals surface area contributed by atoms with Crippen molar-refractivity contribution in [3.05, 3.63) is 41.8 Å². The number of hydrogen-bond donors (Lipinski definition) is 2. The topological polar surface area (TPSA) is 98.1 Å². The molecule has 90 valence electrons. The van der Waals surface area contributed by atoms with Crippen molar-refractivity contribution in [3.8, 4) is 0 Å². The zero-order chi connectivity index (χ0) is 12.3. The highest BCUT2D eigenvalue weighted by Crippen LogP contribution is 2.13. The Morgan fingerprint density at radius 2 is 2.35 bits per heavy atom. The summed E-state index contributed by atoms with van der Waals surface area (Å²) in [5, 5.41) is 13.1. The average molecular weight is 234 g/mol. The monoisotopic (exact) mass is 234 g/mol. The molecule has 6 nitrogen and oxygen atoms in total. The molecule has 2 rings (SSSR count). The first-order valence-electron chi connectivity index (χ1n) is 5.32. The minimum atomic E-state index is -0.721. The van der Waals surface area contributed by atoms with Crippen LogP contribution in [0.15, 0.2) is 29.0 Å². The second-order valence-electron chi connectivity index (χ2n) is 3.85. The summed E-state index contributed by atoms with van der Waals surface area (Å²) in [6.45, 7) is 1.58. The first-order valence-corrected chi connectivity index (χ1v) is 5.32. The Morgan fingerprint density at radius 3 is 3.00 bits per heavy atom. The number of pyridine rings is 1. The first kappa shape index (κ1) is 11.7. The molecule has 0 amide bonds. The number of nitrogens with zero attached hydrogens (tertiary/aromatic N) is 3. The summed E-state index contributed by atoms with van der Waals surface area (Å²) < 4.78 is 4.99. The van der Waals surface area contributed by atoms with Crippen LogP contribution in [0.4, 0.5) is 0 Å². The maximum Gasteiger partial charge on any atom is 0.246 e. The van der Waals surface area contributed by atoms with Crippen LogP contribution >= 0.6 is 0 Å². The van der Waals surface area contributed by atoms with Crippen LogP contribution in [0.1, 0.15) is 30.2 Å². The number of hydrogen-bond acceptors (Lipinski definition) is 6. The largest absolute Gasteiger partial charge is 0.391 e. The van der Waals surface area contributed by atoms with Crippen molar-refractivity contribution >= 4 is 0 Å². The minimum Gasteiger partial charge on any atom is -0.391 e. The molecule has 0 radical (unpaired) electrons. The molecule has 0 aliphatic heterocycles. The van der Waals surface area contributed by atoms with E-state index in [1.54, 1.807) is 19.3 Å². The van der Waals surface area contributed by atoms with Crippen molar-refractivity contribution in [2.45, 2.75) is 25.5 Å². The van der Waals surface area contributed by atoms with E-state index in [4.69, 9.17) is 10.3 Å². The summed E-state index contributed by atoms with van der Waals surface area (Å²) in [5.41, 5.74) is 6.68. The van der Waals surface area contributed by atoms with Gasteiger partial charge in [-0.15, -0.1) is 0 Å². The molecule has 0 aliphatic rings. The third-order valence-electron chi connectivity index (χ3n) is 2.37. The number of aromatic nitrogens is 3. The van der Waals surface area contributed by atoms with Crippen LogP contribution in [0.3, 0.4) is 0 Å². The number of nitrogens with two attached hydrogens (primary N) is 1. The number of aliphatic hydroxyl groups excluding tert-OH is 1. The smallest absolute Gasteiger partial charge is 0.246 e. The average Bonchev–Trinajstić information content (AvgIpc) is 2.77.